The van der Waals surface area contributed by atoms with Gasteiger partial charge in [0.15, 0.2) is 0 Å². The van der Waals surface area contributed by atoms with E-state index < -0.39 is 17.7 Å². The molecule has 0 saturated carbocycles. The average Bonchev–Trinajstić information content (AvgIpc) is 3.48. The van der Waals surface area contributed by atoms with Crippen LogP contribution in [0.15, 0.2) is 48.0 Å². The Hall–Kier alpha value is -3.72. The predicted octanol–water partition coefficient (Wildman–Crippen LogP) is 3.80. The highest BCUT2D eigenvalue weighted by molar-refractivity contribution is 7.15. The molecule has 0 bridgehead atoms. The molecule has 168 valence electrons. The summed E-state index contributed by atoms with van der Waals surface area (Å²) in [6.07, 6.45) is 0.745. The zero-order chi connectivity index (χ0) is 23.3. The summed E-state index contributed by atoms with van der Waals surface area (Å²) in [6.45, 7) is 3.74. The number of ether oxygens (including phenoxy) is 2. The highest BCUT2D eigenvalue weighted by Gasteiger charge is 2.48. The number of carbonyl (C=O) groups is 2. The van der Waals surface area contributed by atoms with Gasteiger partial charge in [-0.05, 0) is 55.3 Å². The summed E-state index contributed by atoms with van der Waals surface area (Å²) in [4.78, 5) is 27.7. The third-order valence-corrected chi connectivity index (χ3v) is 6.58. The van der Waals surface area contributed by atoms with E-state index in [1.165, 1.54) is 23.3 Å². The van der Waals surface area contributed by atoms with Gasteiger partial charge in [-0.15, -0.1) is 10.2 Å². The number of nitrogens with zero attached hydrogens (tertiary/aromatic N) is 3. The van der Waals surface area contributed by atoms with Gasteiger partial charge < -0.3 is 14.6 Å². The van der Waals surface area contributed by atoms with Gasteiger partial charge >= 0.3 is 5.91 Å². The Balaban J connectivity index is 1.69. The van der Waals surface area contributed by atoms with Crippen LogP contribution in [0.2, 0.25) is 0 Å². The van der Waals surface area contributed by atoms with Crippen LogP contribution in [0.4, 0.5) is 5.13 Å². The number of aliphatic hydroxyl groups is 1. The van der Waals surface area contributed by atoms with Gasteiger partial charge in [0.25, 0.3) is 5.78 Å². The largest absolute Gasteiger partial charge is 0.507 e. The van der Waals surface area contributed by atoms with E-state index in [1.54, 1.807) is 49.4 Å². The Morgan fingerprint density at radius 2 is 2.03 bits per heavy atom. The molecule has 0 spiro atoms. The lowest BCUT2D eigenvalue weighted by molar-refractivity contribution is -0.132. The Morgan fingerprint density at radius 3 is 2.76 bits per heavy atom. The molecule has 1 saturated heterocycles. The number of benzene rings is 2. The van der Waals surface area contributed by atoms with E-state index in [2.05, 4.69) is 10.2 Å². The lowest BCUT2D eigenvalue weighted by Crippen LogP contribution is -2.29. The number of amides is 1. The fourth-order valence-corrected chi connectivity index (χ4v) is 4.98. The average molecular weight is 464 g/mol. The molecule has 8 nitrogen and oxygen atoms in total. The lowest BCUT2D eigenvalue weighted by Gasteiger charge is -2.23. The SMILES string of the molecule is COc1cccc(C2/C(=C(/O)c3ccc4c(c3)CC(C)O4)C(=O)C(=O)N2c2nnc(C)s2)c1. The number of methoxy groups -OCH3 is 1. The predicted molar refractivity (Wildman–Crippen MR) is 123 cm³/mol. The van der Waals surface area contributed by atoms with E-state index in [4.69, 9.17) is 9.47 Å². The molecule has 3 heterocycles. The number of aromatic nitrogens is 2. The molecule has 2 unspecified atom stereocenters. The summed E-state index contributed by atoms with van der Waals surface area (Å²) in [5.74, 6) is -0.465. The fraction of sp³-hybridized carbons (Fsp3) is 0.250. The first-order chi connectivity index (χ1) is 15.9. The number of aliphatic hydroxyl groups excluding tert-OH is 1. The van der Waals surface area contributed by atoms with Crippen LogP contribution < -0.4 is 14.4 Å². The first-order valence-electron chi connectivity index (χ1n) is 10.4. The highest BCUT2D eigenvalue weighted by atomic mass is 32.1. The van der Waals surface area contributed by atoms with Crippen molar-refractivity contribution in [3.63, 3.8) is 0 Å². The minimum absolute atomic E-state index is 0.00646. The van der Waals surface area contributed by atoms with Gasteiger partial charge in [-0.3, -0.25) is 14.5 Å². The number of rotatable bonds is 4. The molecular weight excluding hydrogens is 442 g/mol. The molecular formula is C24H21N3O5S. The molecule has 2 aromatic carbocycles. The molecule has 1 aromatic heterocycles. The summed E-state index contributed by atoms with van der Waals surface area (Å²) >= 11 is 1.20. The summed E-state index contributed by atoms with van der Waals surface area (Å²) < 4.78 is 11.1. The molecule has 2 aliphatic rings. The fourth-order valence-electron chi connectivity index (χ4n) is 4.27. The van der Waals surface area contributed by atoms with Crippen LogP contribution in [0.1, 0.15) is 34.7 Å². The van der Waals surface area contributed by atoms with Crippen molar-refractivity contribution in [2.45, 2.75) is 32.4 Å². The van der Waals surface area contributed by atoms with Crippen molar-refractivity contribution in [2.24, 2.45) is 0 Å². The number of anilines is 1. The quantitative estimate of drug-likeness (QED) is 0.357. The molecule has 2 atom stereocenters. The normalized spacial score (nSPS) is 21.2. The topological polar surface area (TPSA) is 102 Å². The number of fused-ring (bicyclic) bond motifs is 1. The molecule has 2 aliphatic heterocycles. The van der Waals surface area contributed by atoms with Crippen LogP contribution in [0, 0.1) is 6.92 Å². The second kappa shape index (κ2) is 8.00. The smallest absolute Gasteiger partial charge is 0.301 e. The third-order valence-electron chi connectivity index (χ3n) is 5.74. The number of hydrogen-bond donors (Lipinski definition) is 1. The maximum Gasteiger partial charge on any atom is 0.301 e. The van der Waals surface area contributed by atoms with Crippen molar-refractivity contribution < 1.29 is 24.2 Å². The third kappa shape index (κ3) is 3.54. The van der Waals surface area contributed by atoms with Gasteiger partial charge in [0.1, 0.15) is 28.4 Å². The second-order valence-corrected chi connectivity index (χ2v) is 9.16. The number of carbonyl (C=O) groups excluding carboxylic acids is 2. The number of ketones is 1. The molecule has 1 fully saturated rings. The van der Waals surface area contributed by atoms with Crippen molar-refractivity contribution in [3.8, 4) is 11.5 Å². The molecule has 9 heteroatoms. The molecule has 3 aromatic rings. The summed E-state index contributed by atoms with van der Waals surface area (Å²) in [6, 6.07) is 11.5. The van der Waals surface area contributed by atoms with Crippen molar-refractivity contribution in [2.75, 3.05) is 12.0 Å². The highest BCUT2D eigenvalue weighted by Crippen LogP contribution is 2.44. The lowest BCUT2D eigenvalue weighted by atomic mass is 9.94. The molecule has 33 heavy (non-hydrogen) atoms. The standard InChI is InChI=1S/C24H21N3O5S/c1-12-9-16-10-15(7-8-18(16)32-12)21(28)19-20(14-5-4-6-17(11-14)31-3)27(23(30)22(19)29)24-26-25-13(2)33-24/h4-8,10-12,20,28H,9H2,1-3H3/b21-19-. The van der Waals surface area contributed by atoms with Crippen LogP contribution in [-0.2, 0) is 16.0 Å². The van der Waals surface area contributed by atoms with Gasteiger partial charge in [-0.2, -0.15) is 0 Å². The molecule has 5 rings (SSSR count). The van der Waals surface area contributed by atoms with E-state index in [-0.39, 0.29) is 22.6 Å². The van der Waals surface area contributed by atoms with Crippen LogP contribution in [0.3, 0.4) is 0 Å². The van der Waals surface area contributed by atoms with E-state index in [1.807, 2.05) is 6.92 Å². The number of hydrogen-bond acceptors (Lipinski definition) is 8. The second-order valence-electron chi connectivity index (χ2n) is 8.00. The summed E-state index contributed by atoms with van der Waals surface area (Å²) in [7, 11) is 1.54. The Bertz CT molecular complexity index is 1310. The van der Waals surface area contributed by atoms with Gasteiger partial charge in [0, 0.05) is 12.0 Å². The minimum atomic E-state index is -0.879. The van der Waals surface area contributed by atoms with Crippen LogP contribution in [0.5, 0.6) is 11.5 Å². The van der Waals surface area contributed by atoms with E-state index >= 15 is 0 Å². The van der Waals surface area contributed by atoms with Crippen molar-refractivity contribution in [1.29, 1.82) is 0 Å². The van der Waals surface area contributed by atoms with E-state index in [0.717, 1.165) is 11.3 Å². The number of Topliss-reactive ketones (excluding diaryl/α,β-unsaturated/α-hetero) is 1. The van der Waals surface area contributed by atoms with E-state index in [9.17, 15) is 14.7 Å². The summed E-state index contributed by atoms with van der Waals surface area (Å²) in [5, 5.41) is 20.4. The zero-order valence-corrected chi connectivity index (χ0v) is 19.0. The minimum Gasteiger partial charge on any atom is -0.507 e. The van der Waals surface area contributed by atoms with Gasteiger partial charge in [-0.25, -0.2) is 0 Å². The van der Waals surface area contributed by atoms with Crippen molar-refractivity contribution in [3.05, 3.63) is 69.7 Å². The molecule has 0 aliphatic carbocycles. The summed E-state index contributed by atoms with van der Waals surface area (Å²) in [5.41, 5.74) is 2.00. The monoisotopic (exact) mass is 463 g/mol. The van der Waals surface area contributed by atoms with E-state index in [0.29, 0.717) is 28.3 Å². The van der Waals surface area contributed by atoms with Gasteiger partial charge in [-0.1, -0.05) is 23.5 Å². The first kappa shape index (κ1) is 21.1. The molecule has 1 amide bonds. The van der Waals surface area contributed by atoms with Crippen LogP contribution in [-0.4, -0.2) is 40.2 Å². The zero-order valence-electron chi connectivity index (χ0n) is 18.2. The maximum atomic E-state index is 13.2. The van der Waals surface area contributed by atoms with Gasteiger partial charge in [0.2, 0.25) is 5.13 Å². The molecule has 0 radical (unpaired) electrons. The van der Waals surface area contributed by atoms with Crippen molar-refractivity contribution in [1.82, 2.24) is 10.2 Å². The van der Waals surface area contributed by atoms with Gasteiger partial charge in [0.05, 0.1) is 18.7 Å². The Kier molecular flexibility index (Phi) is 5.13. The van der Waals surface area contributed by atoms with Crippen LogP contribution >= 0.6 is 11.3 Å². The number of aryl methyl sites for hydroxylation is 1. The van der Waals surface area contributed by atoms with Crippen molar-refractivity contribution >= 4 is 33.9 Å². The maximum absolute atomic E-state index is 13.2. The Morgan fingerprint density at radius 1 is 1.21 bits per heavy atom. The molecule has 1 N–H and O–H groups in total. The van der Waals surface area contributed by atoms with Crippen LogP contribution in [0.25, 0.3) is 5.76 Å². The first-order valence-corrected chi connectivity index (χ1v) is 11.2. The Labute approximate surface area is 194 Å².